The monoisotopic (exact) mass is 367 g/mol. The van der Waals surface area contributed by atoms with Crippen molar-refractivity contribution in [2.24, 2.45) is 5.41 Å². The molecule has 1 aromatic rings. The molecule has 0 spiro atoms. The number of allylic oxidation sites excluding steroid dienone is 9. The van der Waals surface area contributed by atoms with Gasteiger partial charge in [0.05, 0.1) is 0 Å². The van der Waals surface area contributed by atoms with Gasteiger partial charge < -0.3 is 5.11 Å². The maximum Gasteiger partial charge on any atom is 0.358 e. The minimum Gasteiger partial charge on any atom is -0.476 e. The number of aromatic nitrogens is 3. The molecule has 1 aliphatic rings. The molecule has 2 N–H and O–H groups in total. The zero-order valence-electron chi connectivity index (χ0n) is 16.8. The van der Waals surface area contributed by atoms with Gasteiger partial charge in [0.2, 0.25) is 0 Å². The fourth-order valence-electron chi connectivity index (χ4n) is 3.39. The third kappa shape index (κ3) is 5.64. The van der Waals surface area contributed by atoms with Gasteiger partial charge >= 0.3 is 5.97 Å². The van der Waals surface area contributed by atoms with Gasteiger partial charge in [0.25, 0.3) is 0 Å². The van der Waals surface area contributed by atoms with Crippen LogP contribution in [0.2, 0.25) is 0 Å². The Bertz CT molecular complexity index is 849. The van der Waals surface area contributed by atoms with E-state index < -0.39 is 5.97 Å². The summed E-state index contributed by atoms with van der Waals surface area (Å²) in [6.45, 7) is 10.8. The van der Waals surface area contributed by atoms with Gasteiger partial charge in [-0.2, -0.15) is 10.3 Å². The molecular formula is C22H29N3O2. The number of H-pyrrole nitrogens is 1. The molecule has 144 valence electrons. The van der Waals surface area contributed by atoms with Crippen molar-refractivity contribution in [3.05, 3.63) is 64.1 Å². The van der Waals surface area contributed by atoms with E-state index in [9.17, 15) is 4.79 Å². The van der Waals surface area contributed by atoms with Gasteiger partial charge in [0.1, 0.15) is 5.69 Å². The van der Waals surface area contributed by atoms with Crippen molar-refractivity contribution in [2.45, 2.75) is 53.9 Å². The summed E-state index contributed by atoms with van der Waals surface area (Å²) in [5.41, 5.74) is 5.50. The molecule has 0 saturated heterocycles. The van der Waals surface area contributed by atoms with E-state index in [1.54, 1.807) is 6.08 Å². The molecule has 2 rings (SSSR count). The smallest absolute Gasteiger partial charge is 0.358 e. The summed E-state index contributed by atoms with van der Waals surface area (Å²) in [5.74, 6) is -1.09. The van der Waals surface area contributed by atoms with Crippen molar-refractivity contribution in [3.8, 4) is 0 Å². The minimum atomic E-state index is -1.09. The van der Waals surface area contributed by atoms with E-state index in [2.05, 4.69) is 55.3 Å². The number of nitrogens with zero attached hydrogens (tertiary/aromatic N) is 2. The molecule has 5 nitrogen and oxygen atoms in total. The van der Waals surface area contributed by atoms with Crippen LogP contribution in [0, 0.1) is 5.41 Å². The number of aromatic carboxylic acids is 1. The SMILES string of the molecule is CC1=C(/C=C/C(C)=C/C=C/C(C)=C/c2n[nH]nc2C(=O)O)C(C)(C)CCC1. The van der Waals surface area contributed by atoms with E-state index >= 15 is 0 Å². The second kappa shape index (κ2) is 8.80. The van der Waals surface area contributed by atoms with Gasteiger partial charge in [-0.05, 0) is 62.7 Å². The molecule has 5 heteroatoms. The van der Waals surface area contributed by atoms with Crippen LogP contribution in [0.5, 0.6) is 0 Å². The van der Waals surface area contributed by atoms with Crippen LogP contribution in [-0.2, 0) is 0 Å². The molecule has 0 amide bonds. The minimum absolute atomic E-state index is 0.0730. The van der Waals surface area contributed by atoms with E-state index in [1.807, 2.05) is 25.2 Å². The lowest BCUT2D eigenvalue weighted by Crippen LogP contribution is -2.19. The Morgan fingerprint density at radius 1 is 1.19 bits per heavy atom. The Kier molecular flexibility index (Phi) is 6.72. The lowest BCUT2D eigenvalue weighted by atomic mass is 9.72. The highest BCUT2D eigenvalue weighted by atomic mass is 16.4. The normalized spacial score (nSPS) is 18.7. The predicted molar refractivity (Wildman–Crippen MR) is 109 cm³/mol. The maximum atomic E-state index is 11.0. The van der Waals surface area contributed by atoms with Gasteiger partial charge in [0, 0.05) is 0 Å². The zero-order chi connectivity index (χ0) is 20.0. The Hall–Kier alpha value is -2.69. The van der Waals surface area contributed by atoms with Gasteiger partial charge in [-0.1, -0.05) is 55.4 Å². The highest BCUT2D eigenvalue weighted by Gasteiger charge is 2.26. The van der Waals surface area contributed by atoms with Crippen LogP contribution in [0.1, 0.15) is 70.1 Å². The molecular weight excluding hydrogens is 338 g/mol. The first-order valence-corrected chi connectivity index (χ1v) is 9.26. The van der Waals surface area contributed by atoms with E-state index in [0.717, 1.165) is 11.1 Å². The number of nitrogens with one attached hydrogen (secondary N) is 1. The summed E-state index contributed by atoms with van der Waals surface area (Å²) in [7, 11) is 0. The summed E-state index contributed by atoms with van der Waals surface area (Å²) in [4.78, 5) is 11.0. The topological polar surface area (TPSA) is 78.9 Å². The van der Waals surface area contributed by atoms with Crippen LogP contribution in [-0.4, -0.2) is 26.5 Å². The van der Waals surface area contributed by atoms with Gasteiger partial charge in [-0.15, -0.1) is 5.10 Å². The van der Waals surface area contributed by atoms with Crippen LogP contribution in [0.4, 0.5) is 0 Å². The Morgan fingerprint density at radius 3 is 2.59 bits per heavy atom. The summed E-state index contributed by atoms with van der Waals surface area (Å²) >= 11 is 0. The molecule has 0 aromatic carbocycles. The summed E-state index contributed by atoms with van der Waals surface area (Å²) < 4.78 is 0. The van der Waals surface area contributed by atoms with Gasteiger partial charge in [-0.3, -0.25) is 0 Å². The molecule has 0 aliphatic heterocycles. The van der Waals surface area contributed by atoms with Crippen molar-refractivity contribution in [1.29, 1.82) is 0 Å². The number of hydrogen-bond acceptors (Lipinski definition) is 3. The van der Waals surface area contributed by atoms with Crippen LogP contribution < -0.4 is 0 Å². The first kappa shape index (κ1) is 20.6. The van der Waals surface area contributed by atoms with E-state index in [0.29, 0.717) is 5.69 Å². The number of carbonyl (C=O) groups is 1. The average Bonchev–Trinajstić information content (AvgIpc) is 3.02. The summed E-state index contributed by atoms with van der Waals surface area (Å²) in [5, 5.41) is 18.9. The largest absolute Gasteiger partial charge is 0.476 e. The molecule has 0 unspecified atom stereocenters. The number of aromatic amines is 1. The fourth-order valence-corrected chi connectivity index (χ4v) is 3.39. The quantitative estimate of drug-likeness (QED) is 0.651. The van der Waals surface area contributed by atoms with Gasteiger partial charge in [-0.25, -0.2) is 4.79 Å². The van der Waals surface area contributed by atoms with Crippen molar-refractivity contribution >= 4 is 12.0 Å². The van der Waals surface area contributed by atoms with Crippen molar-refractivity contribution in [1.82, 2.24) is 15.4 Å². The van der Waals surface area contributed by atoms with Crippen molar-refractivity contribution < 1.29 is 9.90 Å². The Labute approximate surface area is 161 Å². The molecule has 0 atom stereocenters. The molecule has 0 saturated carbocycles. The van der Waals surface area contributed by atoms with Gasteiger partial charge in [0.15, 0.2) is 5.69 Å². The average molecular weight is 367 g/mol. The number of hydrogen-bond donors (Lipinski definition) is 2. The third-order valence-corrected chi connectivity index (χ3v) is 4.92. The lowest BCUT2D eigenvalue weighted by Gasteiger charge is -2.32. The van der Waals surface area contributed by atoms with Crippen LogP contribution in [0.25, 0.3) is 6.08 Å². The van der Waals surface area contributed by atoms with Crippen LogP contribution in [0.15, 0.2) is 52.7 Å². The molecule has 1 aromatic heterocycles. The molecule has 1 heterocycles. The second-order valence-corrected chi connectivity index (χ2v) is 7.79. The second-order valence-electron chi connectivity index (χ2n) is 7.79. The highest BCUT2D eigenvalue weighted by Crippen LogP contribution is 2.40. The lowest BCUT2D eigenvalue weighted by molar-refractivity contribution is 0.0690. The van der Waals surface area contributed by atoms with Crippen molar-refractivity contribution in [3.63, 3.8) is 0 Å². The van der Waals surface area contributed by atoms with Crippen LogP contribution in [0.3, 0.4) is 0 Å². The number of carboxylic acids is 1. The fraction of sp³-hybridized carbons (Fsp3) is 0.409. The predicted octanol–water partition coefficient (Wildman–Crippen LogP) is 5.49. The van der Waals surface area contributed by atoms with E-state index in [1.165, 1.54) is 30.4 Å². The van der Waals surface area contributed by atoms with Crippen molar-refractivity contribution in [2.75, 3.05) is 0 Å². The maximum absolute atomic E-state index is 11.0. The third-order valence-electron chi connectivity index (χ3n) is 4.92. The first-order chi connectivity index (χ1) is 12.7. The number of rotatable bonds is 6. The van der Waals surface area contributed by atoms with E-state index in [-0.39, 0.29) is 11.1 Å². The first-order valence-electron chi connectivity index (χ1n) is 9.26. The summed E-state index contributed by atoms with van der Waals surface area (Å²) in [6.07, 6.45) is 15.7. The summed E-state index contributed by atoms with van der Waals surface area (Å²) in [6, 6.07) is 0. The Balaban J connectivity index is 2.07. The molecule has 1 aliphatic carbocycles. The molecule has 0 bridgehead atoms. The zero-order valence-corrected chi connectivity index (χ0v) is 16.8. The molecule has 0 fully saturated rings. The number of carboxylic acid groups (broad SMARTS) is 1. The highest BCUT2D eigenvalue weighted by molar-refractivity contribution is 5.89. The molecule has 0 radical (unpaired) electrons. The Morgan fingerprint density at radius 2 is 1.93 bits per heavy atom. The standard InChI is InChI=1S/C22H29N3O2/c1-15(11-12-18-17(3)10-7-13-22(18,4)5)8-6-9-16(2)14-19-20(21(26)27)24-25-23-19/h6,8-9,11-12,14H,7,10,13H2,1-5H3,(H,26,27)(H,23,24,25)/b9-6+,12-11+,15-8+,16-14+. The molecule has 27 heavy (non-hydrogen) atoms. The van der Waals surface area contributed by atoms with E-state index in [4.69, 9.17) is 5.11 Å². The van der Waals surface area contributed by atoms with Crippen LogP contribution >= 0.6 is 0 Å².